The minimum atomic E-state index is 0.418. The van der Waals surface area contributed by atoms with Crippen LogP contribution in [0.5, 0.6) is 5.75 Å². The highest BCUT2D eigenvalue weighted by molar-refractivity contribution is 7.09. The molecule has 0 saturated carbocycles. The fraction of sp³-hybridized carbons (Fsp3) is 0.421. The van der Waals surface area contributed by atoms with Crippen molar-refractivity contribution in [2.24, 2.45) is 16.6 Å². The maximum atomic E-state index is 6.14. The summed E-state index contributed by atoms with van der Waals surface area (Å²) in [5.41, 5.74) is 6.85. The molecule has 1 unspecified atom stereocenters. The summed E-state index contributed by atoms with van der Waals surface area (Å²) < 4.78 is 5.15. The Hall–Kier alpha value is -1.76. The molecule has 1 atom stereocenters. The summed E-state index contributed by atoms with van der Waals surface area (Å²) in [6.07, 6.45) is 2.42. The number of likely N-dealkylation sites (tertiary alicyclic amines) is 1. The van der Waals surface area contributed by atoms with Crippen molar-refractivity contribution in [1.29, 1.82) is 0 Å². The van der Waals surface area contributed by atoms with Gasteiger partial charge in [0.2, 0.25) is 0 Å². The number of nitrogens with one attached hydrogen (secondary N) is 1. The Morgan fingerprint density at radius 3 is 3.08 bits per heavy atom. The van der Waals surface area contributed by atoms with Crippen LogP contribution in [0.3, 0.4) is 0 Å². The van der Waals surface area contributed by atoms with Gasteiger partial charge in [-0.25, -0.2) is 0 Å². The van der Waals surface area contributed by atoms with Crippen LogP contribution in [0, 0.1) is 5.92 Å². The molecule has 2 heterocycles. The Morgan fingerprint density at radius 1 is 1.46 bits per heavy atom. The quantitative estimate of drug-likeness (QED) is 0.575. The van der Waals surface area contributed by atoms with E-state index in [2.05, 4.69) is 32.7 Å². The van der Waals surface area contributed by atoms with Crippen molar-refractivity contribution in [1.82, 2.24) is 4.90 Å². The predicted octanol–water partition coefficient (Wildman–Crippen LogP) is 4.05. The molecule has 0 radical (unpaired) electrons. The number of hydrogen-bond donors (Lipinski definition) is 2. The fourth-order valence-electron chi connectivity index (χ4n) is 3.23. The number of hydrogen-bond acceptors (Lipinski definition) is 4. The number of nitrogens with zero attached hydrogens (tertiary/aromatic N) is 2. The Morgan fingerprint density at radius 2 is 2.35 bits per heavy atom. The van der Waals surface area contributed by atoms with E-state index >= 15 is 0 Å². The molecule has 1 fully saturated rings. The van der Waals surface area contributed by atoms with E-state index in [0.29, 0.717) is 22.6 Å². The number of benzene rings is 1. The molecule has 0 aliphatic carbocycles. The number of aliphatic imine (C=N–C) groups is 1. The number of anilines is 1. The van der Waals surface area contributed by atoms with Gasteiger partial charge in [0.15, 0.2) is 5.96 Å². The van der Waals surface area contributed by atoms with Crippen LogP contribution >= 0.6 is 22.9 Å². The lowest BCUT2D eigenvalue weighted by molar-refractivity contribution is 0.172. The van der Waals surface area contributed by atoms with Gasteiger partial charge in [-0.15, -0.1) is 11.3 Å². The van der Waals surface area contributed by atoms with E-state index in [1.807, 2.05) is 23.5 Å². The summed E-state index contributed by atoms with van der Waals surface area (Å²) in [7, 11) is 1.59. The second-order valence-corrected chi connectivity index (χ2v) is 7.96. The molecule has 1 aliphatic rings. The van der Waals surface area contributed by atoms with Crippen molar-refractivity contribution in [3.8, 4) is 5.75 Å². The van der Waals surface area contributed by atoms with Crippen LogP contribution in [0.4, 0.5) is 5.69 Å². The lowest BCUT2D eigenvalue weighted by atomic mass is 9.98. The van der Waals surface area contributed by atoms with Gasteiger partial charge in [-0.3, -0.25) is 9.89 Å². The molecule has 0 spiro atoms. The summed E-state index contributed by atoms with van der Waals surface area (Å²) in [6, 6.07) is 9.78. The summed E-state index contributed by atoms with van der Waals surface area (Å²) >= 11 is 7.96. The standard InChI is InChI=1S/C19H25ClN4OS/c1-25-18-7-6-15(10-17(18)20)23-19(21)22-11-14-4-2-8-24(12-14)13-16-5-3-9-26-16/h3,5-7,9-10,14H,2,4,8,11-13H2,1H3,(H3,21,22,23). The molecule has 140 valence electrons. The Labute approximate surface area is 163 Å². The van der Waals surface area contributed by atoms with Gasteiger partial charge in [-0.1, -0.05) is 17.7 Å². The van der Waals surface area contributed by atoms with Gasteiger partial charge in [0.1, 0.15) is 5.75 Å². The minimum Gasteiger partial charge on any atom is -0.495 e. The summed E-state index contributed by atoms with van der Waals surface area (Å²) in [4.78, 5) is 8.47. The second kappa shape index (κ2) is 9.26. The maximum absolute atomic E-state index is 6.14. The van der Waals surface area contributed by atoms with E-state index in [1.165, 1.54) is 17.7 Å². The number of rotatable bonds is 6. The molecule has 1 aromatic carbocycles. The van der Waals surface area contributed by atoms with Crippen molar-refractivity contribution >= 4 is 34.6 Å². The number of methoxy groups -OCH3 is 1. The largest absolute Gasteiger partial charge is 0.495 e. The molecular formula is C19H25ClN4OS. The third kappa shape index (κ3) is 5.37. The fourth-order valence-corrected chi connectivity index (χ4v) is 4.23. The van der Waals surface area contributed by atoms with Crippen molar-refractivity contribution in [2.45, 2.75) is 19.4 Å². The number of nitrogens with two attached hydrogens (primary N) is 1. The predicted molar refractivity (Wildman–Crippen MR) is 110 cm³/mol. The summed E-state index contributed by atoms with van der Waals surface area (Å²) in [6.45, 7) is 4.01. The van der Waals surface area contributed by atoms with Crippen LogP contribution in [-0.2, 0) is 6.54 Å². The highest BCUT2D eigenvalue weighted by Gasteiger charge is 2.20. The lowest BCUT2D eigenvalue weighted by Gasteiger charge is -2.31. The number of halogens is 1. The number of guanidine groups is 1. The van der Waals surface area contributed by atoms with Crippen molar-refractivity contribution in [3.63, 3.8) is 0 Å². The van der Waals surface area contributed by atoms with E-state index < -0.39 is 0 Å². The van der Waals surface area contributed by atoms with E-state index in [-0.39, 0.29) is 0 Å². The molecule has 1 saturated heterocycles. The number of ether oxygens (including phenoxy) is 1. The monoisotopic (exact) mass is 392 g/mol. The highest BCUT2D eigenvalue weighted by Crippen LogP contribution is 2.27. The highest BCUT2D eigenvalue weighted by atomic mass is 35.5. The first-order chi connectivity index (χ1) is 12.6. The molecule has 26 heavy (non-hydrogen) atoms. The van der Waals surface area contributed by atoms with Crippen molar-refractivity contribution < 1.29 is 4.74 Å². The third-order valence-corrected chi connectivity index (χ3v) is 5.66. The van der Waals surface area contributed by atoms with E-state index in [4.69, 9.17) is 22.1 Å². The maximum Gasteiger partial charge on any atom is 0.193 e. The van der Waals surface area contributed by atoms with Gasteiger partial charge in [-0.2, -0.15) is 0 Å². The zero-order chi connectivity index (χ0) is 18.4. The van der Waals surface area contributed by atoms with Crippen LogP contribution in [-0.4, -0.2) is 37.6 Å². The summed E-state index contributed by atoms with van der Waals surface area (Å²) in [5, 5.41) is 5.78. The molecule has 1 aromatic heterocycles. The minimum absolute atomic E-state index is 0.418. The number of thiophene rings is 1. The Bertz CT molecular complexity index is 735. The lowest BCUT2D eigenvalue weighted by Crippen LogP contribution is -2.36. The molecule has 0 amide bonds. The van der Waals surface area contributed by atoms with Gasteiger partial charge < -0.3 is 15.8 Å². The van der Waals surface area contributed by atoms with Gasteiger partial charge in [-0.05, 0) is 54.9 Å². The van der Waals surface area contributed by atoms with Gasteiger partial charge in [0.05, 0.1) is 12.1 Å². The van der Waals surface area contributed by atoms with Crippen molar-refractivity contribution in [3.05, 3.63) is 45.6 Å². The van der Waals surface area contributed by atoms with Gasteiger partial charge in [0, 0.05) is 30.2 Å². The molecule has 5 nitrogen and oxygen atoms in total. The SMILES string of the molecule is COc1ccc(NC(N)=NCC2CCCN(Cc3cccs3)C2)cc1Cl. The average Bonchev–Trinajstić information content (AvgIpc) is 3.13. The smallest absolute Gasteiger partial charge is 0.193 e. The zero-order valence-corrected chi connectivity index (χ0v) is 16.5. The van der Waals surface area contributed by atoms with E-state index in [1.54, 1.807) is 13.2 Å². The first-order valence-electron chi connectivity index (χ1n) is 8.79. The van der Waals surface area contributed by atoms with Crippen molar-refractivity contribution in [2.75, 3.05) is 32.1 Å². The summed E-state index contributed by atoms with van der Waals surface area (Å²) in [5.74, 6) is 1.60. The van der Waals surface area contributed by atoms with Crippen LogP contribution < -0.4 is 15.8 Å². The Kier molecular flexibility index (Phi) is 6.77. The first kappa shape index (κ1) is 19.0. The first-order valence-corrected chi connectivity index (χ1v) is 10.0. The molecule has 2 aromatic rings. The molecule has 3 N–H and O–H groups in total. The molecular weight excluding hydrogens is 368 g/mol. The molecule has 0 bridgehead atoms. The molecule has 7 heteroatoms. The van der Waals surface area contributed by atoms with Gasteiger partial charge >= 0.3 is 0 Å². The number of piperidine rings is 1. The Balaban J connectivity index is 1.50. The molecule has 1 aliphatic heterocycles. The van der Waals surface area contributed by atoms with Gasteiger partial charge in [0.25, 0.3) is 0 Å². The van der Waals surface area contributed by atoms with Crippen LogP contribution in [0.1, 0.15) is 17.7 Å². The van der Waals surface area contributed by atoms with Crippen LogP contribution in [0.2, 0.25) is 5.02 Å². The zero-order valence-electron chi connectivity index (χ0n) is 15.0. The van der Waals surface area contributed by atoms with E-state index in [0.717, 1.165) is 31.9 Å². The average molecular weight is 393 g/mol. The van der Waals surface area contributed by atoms with Crippen LogP contribution in [0.15, 0.2) is 40.7 Å². The van der Waals surface area contributed by atoms with Crippen LogP contribution in [0.25, 0.3) is 0 Å². The normalized spacial score (nSPS) is 18.7. The second-order valence-electron chi connectivity index (χ2n) is 6.52. The van der Waals surface area contributed by atoms with E-state index in [9.17, 15) is 0 Å². The topological polar surface area (TPSA) is 62.9 Å². The third-order valence-electron chi connectivity index (χ3n) is 4.51. The molecule has 3 rings (SSSR count).